The number of nitrogens with one attached hydrogen (secondary N) is 1. The van der Waals surface area contributed by atoms with Crippen molar-refractivity contribution in [3.05, 3.63) is 59.9 Å². The Kier molecular flexibility index (Phi) is 5.77. The third-order valence-electron chi connectivity index (χ3n) is 3.08. The standard InChI is InChI=1S/C17H18FNO3/c1-21-15-4-2-3-5-16(15)22-12-17(20)19-11-10-13-6-8-14(18)9-7-13/h2-9H,10-12H2,1H3,(H,19,20). The van der Waals surface area contributed by atoms with E-state index < -0.39 is 0 Å². The van der Waals surface area contributed by atoms with Crippen LogP contribution in [0.25, 0.3) is 0 Å². The predicted molar refractivity (Wildman–Crippen MR) is 81.6 cm³/mol. The Balaban J connectivity index is 1.73. The maximum atomic E-state index is 12.8. The number of hydrogen-bond acceptors (Lipinski definition) is 3. The fraction of sp³-hybridized carbons (Fsp3) is 0.235. The fourth-order valence-corrected chi connectivity index (χ4v) is 1.93. The van der Waals surface area contributed by atoms with Gasteiger partial charge in [-0.3, -0.25) is 4.79 Å². The second-order valence-corrected chi connectivity index (χ2v) is 4.67. The van der Waals surface area contributed by atoms with Crippen molar-refractivity contribution < 1.29 is 18.7 Å². The monoisotopic (exact) mass is 303 g/mol. The lowest BCUT2D eigenvalue weighted by molar-refractivity contribution is -0.123. The fourth-order valence-electron chi connectivity index (χ4n) is 1.93. The van der Waals surface area contributed by atoms with E-state index in [1.807, 2.05) is 12.1 Å². The Morgan fingerprint density at radius 3 is 2.45 bits per heavy atom. The van der Waals surface area contributed by atoms with E-state index in [1.54, 1.807) is 31.4 Å². The first kappa shape index (κ1) is 15.8. The molecule has 1 N–H and O–H groups in total. The number of carbonyl (C=O) groups excluding carboxylic acids is 1. The molecule has 22 heavy (non-hydrogen) atoms. The molecule has 1 amide bonds. The number of halogens is 1. The molecule has 0 radical (unpaired) electrons. The van der Waals surface area contributed by atoms with E-state index in [9.17, 15) is 9.18 Å². The zero-order chi connectivity index (χ0) is 15.8. The van der Waals surface area contributed by atoms with Crippen LogP contribution in [0.4, 0.5) is 4.39 Å². The van der Waals surface area contributed by atoms with Gasteiger partial charge in [0.05, 0.1) is 7.11 Å². The van der Waals surface area contributed by atoms with Crippen molar-refractivity contribution in [3.8, 4) is 11.5 Å². The van der Waals surface area contributed by atoms with Gasteiger partial charge in [-0.2, -0.15) is 0 Å². The smallest absolute Gasteiger partial charge is 0.257 e. The van der Waals surface area contributed by atoms with E-state index in [-0.39, 0.29) is 18.3 Å². The summed E-state index contributed by atoms with van der Waals surface area (Å²) in [6.07, 6.45) is 0.640. The molecule has 0 heterocycles. The van der Waals surface area contributed by atoms with Gasteiger partial charge in [0, 0.05) is 6.54 Å². The van der Waals surface area contributed by atoms with Crippen molar-refractivity contribution >= 4 is 5.91 Å². The minimum Gasteiger partial charge on any atom is -0.493 e. The highest BCUT2D eigenvalue weighted by Crippen LogP contribution is 2.25. The molecule has 0 atom stereocenters. The lowest BCUT2D eigenvalue weighted by Gasteiger charge is -2.10. The van der Waals surface area contributed by atoms with E-state index in [4.69, 9.17) is 9.47 Å². The van der Waals surface area contributed by atoms with Gasteiger partial charge in [0.15, 0.2) is 18.1 Å². The maximum Gasteiger partial charge on any atom is 0.257 e. The van der Waals surface area contributed by atoms with E-state index in [1.165, 1.54) is 12.1 Å². The molecule has 2 aromatic rings. The molecule has 0 bridgehead atoms. The summed E-state index contributed by atoms with van der Waals surface area (Å²) >= 11 is 0. The summed E-state index contributed by atoms with van der Waals surface area (Å²) < 4.78 is 23.3. The van der Waals surface area contributed by atoms with E-state index in [2.05, 4.69) is 5.32 Å². The van der Waals surface area contributed by atoms with Gasteiger partial charge in [0.1, 0.15) is 5.82 Å². The number of para-hydroxylation sites is 2. The second-order valence-electron chi connectivity index (χ2n) is 4.67. The quantitative estimate of drug-likeness (QED) is 0.855. The van der Waals surface area contributed by atoms with Gasteiger partial charge in [-0.05, 0) is 36.2 Å². The summed E-state index contributed by atoms with van der Waals surface area (Å²) in [6, 6.07) is 13.4. The Morgan fingerprint density at radius 2 is 1.77 bits per heavy atom. The molecule has 0 fully saturated rings. The zero-order valence-electron chi connectivity index (χ0n) is 12.3. The third kappa shape index (κ3) is 4.77. The average molecular weight is 303 g/mol. The van der Waals surface area contributed by atoms with Gasteiger partial charge in [0.2, 0.25) is 0 Å². The minimum atomic E-state index is -0.266. The molecular weight excluding hydrogens is 285 g/mol. The Hall–Kier alpha value is -2.56. The molecule has 0 spiro atoms. The SMILES string of the molecule is COc1ccccc1OCC(=O)NCCc1ccc(F)cc1. The Labute approximate surface area is 128 Å². The van der Waals surface area contributed by atoms with Crippen LogP contribution >= 0.6 is 0 Å². The summed E-state index contributed by atoms with van der Waals surface area (Å²) in [5, 5.41) is 2.75. The number of methoxy groups -OCH3 is 1. The van der Waals surface area contributed by atoms with Crippen molar-refractivity contribution in [1.29, 1.82) is 0 Å². The predicted octanol–water partition coefficient (Wildman–Crippen LogP) is 2.57. The molecule has 2 rings (SSSR count). The van der Waals surface area contributed by atoms with Crippen LogP contribution in [-0.2, 0) is 11.2 Å². The topological polar surface area (TPSA) is 47.6 Å². The summed E-state index contributed by atoms with van der Waals surface area (Å²) in [5.74, 6) is 0.631. The molecule has 0 aromatic heterocycles. The van der Waals surface area contributed by atoms with Crippen molar-refractivity contribution in [2.45, 2.75) is 6.42 Å². The van der Waals surface area contributed by atoms with Crippen LogP contribution in [0.2, 0.25) is 0 Å². The maximum absolute atomic E-state index is 12.8. The molecule has 2 aromatic carbocycles. The first-order valence-electron chi connectivity index (χ1n) is 6.96. The number of ether oxygens (including phenoxy) is 2. The van der Waals surface area contributed by atoms with Crippen molar-refractivity contribution in [3.63, 3.8) is 0 Å². The molecule has 5 heteroatoms. The van der Waals surface area contributed by atoms with Crippen molar-refractivity contribution in [2.75, 3.05) is 20.3 Å². The minimum absolute atomic E-state index is 0.0796. The number of rotatable bonds is 7. The highest BCUT2D eigenvalue weighted by molar-refractivity contribution is 5.77. The molecule has 0 aliphatic carbocycles. The molecule has 0 aliphatic rings. The number of hydrogen-bond donors (Lipinski definition) is 1. The van der Waals surface area contributed by atoms with Gasteiger partial charge in [-0.15, -0.1) is 0 Å². The van der Waals surface area contributed by atoms with Crippen LogP contribution < -0.4 is 14.8 Å². The van der Waals surface area contributed by atoms with Crippen LogP contribution in [0.1, 0.15) is 5.56 Å². The summed E-state index contributed by atoms with van der Waals surface area (Å²) in [4.78, 5) is 11.7. The third-order valence-corrected chi connectivity index (χ3v) is 3.08. The van der Waals surface area contributed by atoms with Crippen LogP contribution in [0.3, 0.4) is 0 Å². The summed E-state index contributed by atoms with van der Waals surface area (Å²) in [6.45, 7) is 0.392. The molecule has 0 unspecified atom stereocenters. The molecule has 4 nitrogen and oxygen atoms in total. The molecule has 0 saturated heterocycles. The number of benzene rings is 2. The molecule has 116 valence electrons. The first-order valence-corrected chi connectivity index (χ1v) is 6.96. The first-order chi connectivity index (χ1) is 10.7. The molecular formula is C17H18FNO3. The summed E-state index contributed by atoms with van der Waals surface area (Å²) in [5.41, 5.74) is 0.965. The van der Waals surface area contributed by atoms with Crippen LogP contribution in [0, 0.1) is 5.82 Å². The van der Waals surface area contributed by atoms with Gasteiger partial charge in [-0.1, -0.05) is 24.3 Å². The average Bonchev–Trinajstić information content (AvgIpc) is 2.55. The van der Waals surface area contributed by atoms with Gasteiger partial charge < -0.3 is 14.8 Å². The van der Waals surface area contributed by atoms with E-state index in [0.29, 0.717) is 24.5 Å². The van der Waals surface area contributed by atoms with Gasteiger partial charge >= 0.3 is 0 Å². The van der Waals surface area contributed by atoms with Crippen LogP contribution in [0.15, 0.2) is 48.5 Å². The highest BCUT2D eigenvalue weighted by atomic mass is 19.1. The van der Waals surface area contributed by atoms with Gasteiger partial charge in [0.25, 0.3) is 5.91 Å². The Morgan fingerprint density at radius 1 is 1.09 bits per heavy atom. The lowest BCUT2D eigenvalue weighted by Crippen LogP contribution is -2.30. The molecule has 0 saturated carbocycles. The number of amides is 1. The molecule has 0 aliphatic heterocycles. The summed E-state index contributed by atoms with van der Waals surface area (Å²) in [7, 11) is 1.55. The van der Waals surface area contributed by atoms with Crippen LogP contribution in [-0.4, -0.2) is 26.2 Å². The zero-order valence-corrected chi connectivity index (χ0v) is 12.3. The Bertz CT molecular complexity index is 614. The lowest BCUT2D eigenvalue weighted by atomic mass is 10.1. The largest absolute Gasteiger partial charge is 0.493 e. The normalized spacial score (nSPS) is 10.1. The van der Waals surface area contributed by atoms with Crippen LogP contribution in [0.5, 0.6) is 11.5 Å². The van der Waals surface area contributed by atoms with Crippen molar-refractivity contribution in [1.82, 2.24) is 5.32 Å². The van der Waals surface area contributed by atoms with Gasteiger partial charge in [-0.25, -0.2) is 4.39 Å². The second kappa shape index (κ2) is 8.02. The highest BCUT2D eigenvalue weighted by Gasteiger charge is 2.06. The van der Waals surface area contributed by atoms with E-state index >= 15 is 0 Å². The number of carbonyl (C=O) groups is 1. The van der Waals surface area contributed by atoms with Crippen molar-refractivity contribution in [2.24, 2.45) is 0 Å². The van der Waals surface area contributed by atoms with E-state index in [0.717, 1.165) is 5.56 Å².